The largest absolute Gasteiger partial charge is 0.481 e. The normalized spacial score (nSPS) is 20.4. The van der Waals surface area contributed by atoms with E-state index in [1.165, 1.54) is 29.2 Å². The molecule has 1 aromatic rings. The van der Waals surface area contributed by atoms with Gasteiger partial charge in [-0.15, -0.1) is 0 Å². The van der Waals surface area contributed by atoms with E-state index in [9.17, 15) is 14.0 Å². The molecule has 0 radical (unpaired) electrons. The number of halogens is 1. The van der Waals surface area contributed by atoms with Crippen LogP contribution in [0.4, 0.5) is 10.1 Å². The van der Waals surface area contributed by atoms with Crippen molar-refractivity contribution in [2.75, 3.05) is 11.4 Å². The van der Waals surface area contributed by atoms with Gasteiger partial charge in [-0.25, -0.2) is 4.39 Å². The van der Waals surface area contributed by atoms with Crippen molar-refractivity contribution in [3.63, 3.8) is 0 Å². The predicted molar refractivity (Wildman–Crippen MR) is 59.1 cm³/mol. The highest BCUT2D eigenvalue weighted by molar-refractivity contribution is 5.95. The minimum atomic E-state index is -0.899. The van der Waals surface area contributed by atoms with Crippen molar-refractivity contribution in [3.05, 3.63) is 30.1 Å². The van der Waals surface area contributed by atoms with Crippen LogP contribution >= 0.6 is 0 Å². The number of carbonyl (C=O) groups excluding carboxylic acids is 1. The number of anilines is 1. The van der Waals surface area contributed by atoms with Crippen molar-refractivity contribution in [1.82, 2.24) is 0 Å². The minimum absolute atomic E-state index is 0.117. The van der Waals surface area contributed by atoms with Crippen molar-refractivity contribution in [3.8, 4) is 0 Å². The van der Waals surface area contributed by atoms with Gasteiger partial charge in [0.2, 0.25) is 5.91 Å². The Labute approximate surface area is 97.7 Å². The van der Waals surface area contributed by atoms with Crippen LogP contribution in [-0.2, 0) is 9.59 Å². The van der Waals surface area contributed by atoms with Crippen molar-refractivity contribution in [1.29, 1.82) is 0 Å². The fraction of sp³-hybridized carbons (Fsp3) is 0.333. The number of hydrogen-bond donors (Lipinski definition) is 1. The summed E-state index contributed by atoms with van der Waals surface area (Å²) in [5.41, 5.74) is 0.544. The third-order valence-electron chi connectivity index (χ3n) is 2.90. The molecule has 1 fully saturated rings. The average Bonchev–Trinajstić information content (AvgIpc) is 2.31. The van der Waals surface area contributed by atoms with Gasteiger partial charge in [-0.2, -0.15) is 0 Å². The summed E-state index contributed by atoms with van der Waals surface area (Å²) in [6, 6.07) is 5.48. The summed E-state index contributed by atoms with van der Waals surface area (Å²) in [5, 5.41) is 8.94. The molecule has 0 aromatic heterocycles. The van der Waals surface area contributed by atoms with Crippen LogP contribution in [0.1, 0.15) is 12.8 Å². The van der Waals surface area contributed by atoms with Gasteiger partial charge in [0.25, 0.3) is 0 Å². The second-order valence-electron chi connectivity index (χ2n) is 4.05. The van der Waals surface area contributed by atoms with E-state index in [0.717, 1.165) is 0 Å². The van der Waals surface area contributed by atoms with E-state index in [0.29, 0.717) is 12.1 Å². The first kappa shape index (κ1) is 11.6. The second-order valence-corrected chi connectivity index (χ2v) is 4.05. The maximum atomic E-state index is 12.8. The van der Waals surface area contributed by atoms with Crippen molar-refractivity contribution >= 4 is 17.6 Å². The molecule has 90 valence electrons. The lowest BCUT2D eigenvalue weighted by molar-refractivity contribution is -0.142. The number of amides is 1. The number of carboxylic acids is 1. The third-order valence-corrected chi connectivity index (χ3v) is 2.90. The van der Waals surface area contributed by atoms with Gasteiger partial charge >= 0.3 is 5.97 Å². The number of aliphatic carboxylic acids is 1. The summed E-state index contributed by atoms with van der Waals surface area (Å²) in [6.07, 6.45) is 0.584. The van der Waals surface area contributed by atoms with E-state index in [1.54, 1.807) is 0 Å². The second kappa shape index (κ2) is 4.53. The van der Waals surface area contributed by atoms with Gasteiger partial charge in [-0.05, 0) is 30.7 Å². The summed E-state index contributed by atoms with van der Waals surface area (Å²) in [7, 11) is 0. The molecule has 4 nitrogen and oxygen atoms in total. The van der Waals surface area contributed by atoms with E-state index in [-0.39, 0.29) is 24.7 Å². The van der Waals surface area contributed by atoms with Gasteiger partial charge in [0.15, 0.2) is 0 Å². The third kappa shape index (κ3) is 2.43. The van der Waals surface area contributed by atoms with Gasteiger partial charge < -0.3 is 10.0 Å². The lowest BCUT2D eigenvalue weighted by Crippen LogP contribution is -2.42. The van der Waals surface area contributed by atoms with Crippen LogP contribution in [0.2, 0.25) is 0 Å². The molecule has 1 aromatic carbocycles. The molecule has 1 saturated heterocycles. The number of nitrogens with zero attached hydrogens (tertiary/aromatic N) is 1. The average molecular weight is 237 g/mol. The van der Waals surface area contributed by atoms with Gasteiger partial charge in [-0.1, -0.05) is 0 Å². The Morgan fingerprint density at radius 1 is 1.35 bits per heavy atom. The van der Waals surface area contributed by atoms with Gasteiger partial charge in [-0.3, -0.25) is 9.59 Å². The molecule has 0 spiro atoms. The van der Waals surface area contributed by atoms with Crippen molar-refractivity contribution < 1.29 is 19.1 Å². The monoisotopic (exact) mass is 237 g/mol. The zero-order valence-corrected chi connectivity index (χ0v) is 9.10. The smallest absolute Gasteiger partial charge is 0.308 e. The van der Waals surface area contributed by atoms with Crippen LogP contribution in [0, 0.1) is 11.7 Å². The number of carbonyl (C=O) groups is 2. The van der Waals surface area contributed by atoms with E-state index < -0.39 is 11.9 Å². The first-order chi connectivity index (χ1) is 8.08. The Morgan fingerprint density at radius 3 is 2.59 bits per heavy atom. The first-order valence-corrected chi connectivity index (χ1v) is 5.36. The van der Waals surface area contributed by atoms with Crippen molar-refractivity contribution in [2.24, 2.45) is 5.92 Å². The van der Waals surface area contributed by atoms with Crippen LogP contribution in [0.15, 0.2) is 24.3 Å². The zero-order valence-electron chi connectivity index (χ0n) is 9.10. The molecule has 0 saturated carbocycles. The number of rotatable bonds is 2. The lowest BCUT2D eigenvalue weighted by Gasteiger charge is -2.30. The number of piperidine rings is 1. The molecule has 1 heterocycles. The molecule has 1 unspecified atom stereocenters. The topological polar surface area (TPSA) is 57.6 Å². The lowest BCUT2D eigenvalue weighted by atomic mass is 9.97. The highest BCUT2D eigenvalue weighted by atomic mass is 19.1. The summed E-state index contributed by atoms with van der Waals surface area (Å²) in [6.45, 7) is 0.153. The Bertz CT molecular complexity index is 444. The summed E-state index contributed by atoms with van der Waals surface area (Å²) >= 11 is 0. The number of hydrogen-bond acceptors (Lipinski definition) is 2. The standard InChI is InChI=1S/C12H12FNO3/c13-9-2-4-10(5-3-9)14-7-8(12(16)17)1-6-11(14)15/h2-5,8H,1,6-7H2,(H,16,17). The molecular weight excluding hydrogens is 225 g/mol. The number of benzene rings is 1. The van der Waals surface area contributed by atoms with Crippen LogP contribution in [-0.4, -0.2) is 23.5 Å². The maximum Gasteiger partial charge on any atom is 0.308 e. The Kier molecular flexibility index (Phi) is 3.08. The van der Waals surface area contributed by atoms with E-state index >= 15 is 0 Å². The summed E-state index contributed by atoms with van der Waals surface area (Å²) in [5.74, 6) is -1.94. The van der Waals surface area contributed by atoms with Crippen molar-refractivity contribution in [2.45, 2.75) is 12.8 Å². The summed E-state index contributed by atoms with van der Waals surface area (Å²) < 4.78 is 12.8. The van der Waals surface area contributed by atoms with Gasteiger partial charge in [0.1, 0.15) is 5.82 Å². The van der Waals surface area contributed by atoms with Crippen LogP contribution in [0.25, 0.3) is 0 Å². The number of carboxylic acid groups (broad SMARTS) is 1. The molecule has 1 aliphatic rings. The predicted octanol–water partition coefficient (Wildman–Crippen LogP) is 1.65. The molecule has 0 aliphatic carbocycles. The van der Waals surface area contributed by atoms with Gasteiger partial charge in [0.05, 0.1) is 5.92 Å². The van der Waals surface area contributed by atoms with E-state index in [2.05, 4.69) is 0 Å². The molecule has 1 N–H and O–H groups in total. The Morgan fingerprint density at radius 2 is 2.00 bits per heavy atom. The minimum Gasteiger partial charge on any atom is -0.481 e. The van der Waals surface area contributed by atoms with E-state index in [4.69, 9.17) is 5.11 Å². The molecule has 5 heteroatoms. The fourth-order valence-electron chi connectivity index (χ4n) is 1.92. The van der Waals surface area contributed by atoms with Crippen LogP contribution in [0.3, 0.4) is 0 Å². The maximum absolute atomic E-state index is 12.8. The Balaban J connectivity index is 2.20. The zero-order chi connectivity index (χ0) is 12.4. The van der Waals surface area contributed by atoms with Gasteiger partial charge in [0, 0.05) is 18.7 Å². The molecule has 1 aliphatic heterocycles. The van der Waals surface area contributed by atoms with Crippen LogP contribution < -0.4 is 4.90 Å². The Hall–Kier alpha value is -1.91. The highest BCUT2D eigenvalue weighted by Gasteiger charge is 2.30. The molecule has 2 rings (SSSR count). The van der Waals surface area contributed by atoms with E-state index in [1.807, 2.05) is 0 Å². The molecular formula is C12H12FNO3. The molecule has 17 heavy (non-hydrogen) atoms. The quantitative estimate of drug-likeness (QED) is 0.850. The highest BCUT2D eigenvalue weighted by Crippen LogP contribution is 2.24. The summed E-state index contributed by atoms with van der Waals surface area (Å²) in [4.78, 5) is 24.0. The molecule has 0 bridgehead atoms. The first-order valence-electron chi connectivity index (χ1n) is 5.36. The fourth-order valence-corrected chi connectivity index (χ4v) is 1.92. The van der Waals surface area contributed by atoms with Crippen LogP contribution in [0.5, 0.6) is 0 Å². The SMILES string of the molecule is O=C(O)C1CCC(=O)N(c2ccc(F)cc2)C1. The molecule has 1 atom stereocenters. The molecule has 1 amide bonds.